The third-order valence-corrected chi connectivity index (χ3v) is 5.83. The number of hydrogen-bond donors (Lipinski definition) is 0. The van der Waals surface area contributed by atoms with Crippen LogP contribution in [0.15, 0.2) is 6.07 Å². The molecule has 2 fully saturated rings. The van der Waals surface area contributed by atoms with Gasteiger partial charge in [-0.25, -0.2) is 9.67 Å². The van der Waals surface area contributed by atoms with Gasteiger partial charge in [0, 0.05) is 31.3 Å². The van der Waals surface area contributed by atoms with Gasteiger partial charge in [-0.05, 0) is 66.4 Å². The molecular formula is C22H32N4O2. The van der Waals surface area contributed by atoms with Crippen LogP contribution in [-0.2, 0) is 10.3 Å². The first-order valence-corrected chi connectivity index (χ1v) is 10.6. The second kappa shape index (κ2) is 7.14. The fourth-order valence-corrected chi connectivity index (χ4v) is 4.16. The summed E-state index contributed by atoms with van der Waals surface area (Å²) >= 11 is 0. The molecule has 152 valence electrons. The van der Waals surface area contributed by atoms with Crippen molar-refractivity contribution in [3.63, 3.8) is 0 Å². The molecule has 2 aliphatic rings. The Kier molecular flexibility index (Phi) is 4.94. The summed E-state index contributed by atoms with van der Waals surface area (Å²) in [5.41, 5.74) is 3.37. The normalized spacial score (nSPS) is 18.8. The van der Waals surface area contributed by atoms with E-state index in [1.165, 1.54) is 0 Å². The summed E-state index contributed by atoms with van der Waals surface area (Å²) in [6.45, 7) is 12.6. The molecule has 0 aromatic carbocycles. The molecule has 2 aromatic heterocycles. The summed E-state index contributed by atoms with van der Waals surface area (Å²) in [6, 6.07) is 2.04. The molecule has 6 heteroatoms. The molecule has 2 aromatic rings. The van der Waals surface area contributed by atoms with Crippen LogP contribution in [0.3, 0.4) is 0 Å². The molecule has 3 heterocycles. The van der Waals surface area contributed by atoms with Gasteiger partial charge in [0.15, 0.2) is 5.65 Å². The van der Waals surface area contributed by atoms with Crippen molar-refractivity contribution >= 4 is 16.9 Å². The maximum Gasteiger partial charge on any atom is 0.254 e. The van der Waals surface area contributed by atoms with Gasteiger partial charge in [0.25, 0.3) is 5.91 Å². The molecule has 1 amide bonds. The summed E-state index contributed by atoms with van der Waals surface area (Å²) in [6.07, 6.45) is 4.41. The van der Waals surface area contributed by atoms with Crippen molar-refractivity contribution in [2.75, 3.05) is 19.7 Å². The van der Waals surface area contributed by atoms with E-state index in [-0.39, 0.29) is 17.6 Å². The molecule has 4 rings (SSSR count). The summed E-state index contributed by atoms with van der Waals surface area (Å²) < 4.78 is 7.73. The largest absolute Gasteiger partial charge is 0.378 e. The number of nitrogens with zero attached hydrogens (tertiary/aromatic N) is 4. The van der Waals surface area contributed by atoms with Gasteiger partial charge >= 0.3 is 0 Å². The lowest BCUT2D eigenvalue weighted by Crippen LogP contribution is -2.41. The lowest BCUT2D eigenvalue weighted by atomic mass is 10.0. The molecule has 1 aliphatic heterocycles. The van der Waals surface area contributed by atoms with Gasteiger partial charge in [0.2, 0.25) is 0 Å². The predicted molar refractivity (Wildman–Crippen MR) is 110 cm³/mol. The number of aryl methyl sites for hydroxylation is 1. The van der Waals surface area contributed by atoms with Crippen LogP contribution in [0.2, 0.25) is 0 Å². The quantitative estimate of drug-likeness (QED) is 0.799. The van der Waals surface area contributed by atoms with Crippen molar-refractivity contribution in [3.05, 3.63) is 23.0 Å². The van der Waals surface area contributed by atoms with Gasteiger partial charge in [-0.15, -0.1) is 0 Å². The minimum absolute atomic E-state index is 0.112. The maximum atomic E-state index is 13.5. The van der Waals surface area contributed by atoms with E-state index in [1.807, 2.05) is 29.5 Å². The van der Waals surface area contributed by atoms with E-state index in [0.29, 0.717) is 5.92 Å². The van der Waals surface area contributed by atoms with Crippen LogP contribution in [0.1, 0.15) is 81.0 Å². The smallest absolute Gasteiger partial charge is 0.254 e. The number of aromatic nitrogens is 3. The molecule has 0 radical (unpaired) electrons. The number of carbonyl (C=O) groups is 1. The topological polar surface area (TPSA) is 60.2 Å². The highest BCUT2D eigenvalue weighted by Crippen LogP contribution is 2.41. The maximum absolute atomic E-state index is 13.5. The number of rotatable bonds is 4. The minimum atomic E-state index is -0.183. The Balaban J connectivity index is 1.74. The third kappa shape index (κ3) is 3.54. The summed E-state index contributed by atoms with van der Waals surface area (Å²) in [5, 5.41) is 5.68. The Morgan fingerprint density at radius 3 is 2.46 bits per heavy atom. The van der Waals surface area contributed by atoms with Crippen LogP contribution < -0.4 is 0 Å². The van der Waals surface area contributed by atoms with Gasteiger partial charge in [-0.1, -0.05) is 0 Å². The first kappa shape index (κ1) is 19.4. The molecule has 6 nitrogen and oxygen atoms in total. The van der Waals surface area contributed by atoms with Crippen molar-refractivity contribution in [2.24, 2.45) is 0 Å². The molecule has 0 spiro atoms. The Labute approximate surface area is 167 Å². The number of fused-ring (bicyclic) bond motifs is 1. The van der Waals surface area contributed by atoms with Crippen molar-refractivity contribution in [3.8, 4) is 0 Å². The highest BCUT2D eigenvalue weighted by Gasteiger charge is 2.32. The van der Waals surface area contributed by atoms with Crippen molar-refractivity contribution in [1.29, 1.82) is 0 Å². The van der Waals surface area contributed by atoms with Gasteiger partial charge in [-0.2, -0.15) is 5.10 Å². The van der Waals surface area contributed by atoms with Crippen molar-refractivity contribution in [2.45, 2.75) is 77.9 Å². The number of piperidine rings is 1. The summed E-state index contributed by atoms with van der Waals surface area (Å²) in [5.74, 6) is 0.601. The molecule has 28 heavy (non-hydrogen) atoms. The van der Waals surface area contributed by atoms with Gasteiger partial charge in [-0.3, -0.25) is 4.79 Å². The standard InChI is InChI=1S/C22H32N4O2/c1-6-28-16-9-11-25(12-10-16)21(27)17-13-18(15-7-8-15)23-20-19(17)14(2)24-26(20)22(3,4)5/h13,15-16H,6-12H2,1-5H3. The van der Waals surface area contributed by atoms with E-state index in [9.17, 15) is 4.79 Å². The van der Waals surface area contributed by atoms with Crippen LogP contribution in [0.4, 0.5) is 0 Å². The number of pyridine rings is 1. The molecule has 0 bridgehead atoms. The lowest BCUT2D eigenvalue weighted by Gasteiger charge is -2.32. The minimum Gasteiger partial charge on any atom is -0.378 e. The van der Waals surface area contributed by atoms with Gasteiger partial charge in [0.05, 0.1) is 28.3 Å². The van der Waals surface area contributed by atoms with Crippen LogP contribution >= 0.6 is 0 Å². The van der Waals surface area contributed by atoms with Crippen LogP contribution in [0.5, 0.6) is 0 Å². The average molecular weight is 385 g/mol. The molecule has 1 saturated heterocycles. The number of carbonyl (C=O) groups excluding carboxylic acids is 1. The van der Waals surface area contributed by atoms with Crippen LogP contribution in [0.25, 0.3) is 11.0 Å². The van der Waals surface area contributed by atoms with E-state index in [0.717, 1.165) is 73.4 Å². The van der Waals surface area contributed by atoms with E-state index < -0.39 is 0 Å². The zero-order chi connectivity index (χ0) is 20.1. The Bertz CT molecular complexity index is 884. The molecular weight excluding hydrogens is 352 g/mol. The Morgan fingerprint density at radius 2 is 1.89 bits per heavy atom. The first-order chi connectivity index (χ1) is 13.3. The van der Waals surface area contributed by atoms with E-state index in [1.54, 1.807) is 0 Å². The zero-order valence-electron chi connectivity index (χ0n) is 17.8. The second-order valence-electron chi connectivity index (χ2n) is 9.18. The van der Waals surface area contributed by atoms with Gasteiger partial charge in [0.1, 0.15) is 0 Å². The predicted octanol–water partition coefficient (Wildman–Crippen LogP) is 4.01. The van der Waals surface area contributed by atoms with Crippen molar-refractivity contribution in [1.82, 2.24) is 19.7 Å². The third-order valence-electron chi connectivity index (χ3n) is 5.83. The molecule has 0 N–H and O–H groups in total. The fourth-order valence-electron chi connectivity index (χ4n) is 4.16. The number of hydrogen-bond acceptors (Lipinski definition) is 4. The summed E-state index contributed by atoms with van der Waals surface area (Å²) in [7, 11) is 0. The highest BCUT2D eigenvalue weighted by molar-refractivity contribution is 6.06. The van der Waals surface area contributed by atoms with E-state index >= 15 is 0 Å². The molecule has 1 saturated carbocycles. The lowest BCUT2D eigenvalue weighted by molar-refractivity contribution is 0.0146. The first-order valence-electron chi connectivity index (χ1n) is 10.6. The molecule has 1 aliphatic carbocycles. The summed E-state index contributed by atoms with van der Waals surface area (Å²) in [4.78, 5) is 20.4. The van der Waals surface area contributed by atoms with E-state index in [2.05, 4.69) is 20.8 Å². The average Bonchev–Trinajstić information content (AvgIpc) is 3.44. The number of amides is 1. The molecule has 0 atom stereocenters. The van der Waals surface area contributed by atoms with E-state index in [4.69, 9.17) is 14.8 Å². The van der Waals surface area contributed by atoms with Gasteiger partial charge < -0.3 is 9.64 Å². The zero-order valence-corrected chi connectivity index (χ0v) is 17.8. The Hall–Kier alpha value is -1.95. The fraction of sp³-hybridized carbons (Fsp3) is 0.682. The second-order valence-corrected chi connectivity index (χ2v) is 9.18. The van der Waals surface area contributed by atoms with Crippen LogP contribution in [0, 0.1) is 6.92 Å². The Morgan fingerprint density at radius 1 is 1.21 bits per heavy atom. The molecule has 0 unspecified atom stereocenters. The number of likely N-dealkylation sites (tertiary alicyclic amines) is 1. The monoisotopic (exact) mass is 384 g/mol. The van der Waals surface area contributed by atoms with Crippen molar-refractivity contribution < 1.29 is 9.53 Å². The SMILES string of the molecule is CCOC1CCN(C(=O)c2cc(C3CC3)nc3c2c(C)nn3C(C)(C)C)CC1. The number of ether oxygens (including phenoxy) is 1. The van der Waals surface area contributed by atoms with Crippen LogP contribution in [-0.4, -0.2) is 51.4 Å². The highest BCUT2D eigenvalue weighted by atomic mass is 16.5.